The molecule has 1 heterocycles. The van der Waals surface area contributed by atoms with Crippen LogP contribution in [0.5, 0.6) is 0 Å². The SMILES string of the molecule is CCN(CC(=O)NCc1c(C)nn(Cc2ccccc2)c1C)c1ccc(F)c(F)c1. The number of carbonyl (C=O) groups is 1. The molecule has 1 amide bonds. The molecule has 0 spiro atoms. The molecule has 0 unspecified atom stereocenters. The fourth-order valence-corrected chi connectivity index (χ4v) is 3.38. The highest BCUT2D eigenvalue weighted by Gasteiger charge is 2.15. The molecule has 5 nitrogen and oxygen atoms in total. The Balaban J connectivity index is 1.63. The maximum absolute atomic E-state index is 13.5. The van der Waals surface area contributed by atoms with Crippen LogP contribution in [0.3, 0.4) is 0 Å². The lowest BCUT2D eigenvalue weighted by molar-refractivity contribution is -0.119. The Morgan fingerprint density at radius 1 is 1.10 bits per heavy atom. The van der Waals surface area contributed by atoms with Crippen molar-refractivity contribution in [1.82, 2.24) is 15.1 Å². The molecule has 1 aromatic heterocycles. The van der Waals surface area contributed by atoms with E-state index in [2.05, 4.69) is 22.5 Å². The van der Waals surface area contributed by atoms with Gasteiger partial charge in [0.2, 0.25) is 5.91 Å². The van der Waals surface area contributed by atoms with Crippen LogP contribution in [0.2, 0.25) is 0 Å². The van der Waals surface area contributed by atoms with E-state index in [1.54, 1.807) is 4.90 Å². The molecule has 0 bridgehead atoms. The molecule has 158 valence electrons. The quantitative estimate of drug-likeness (QED) is 0.609. The Morgan fingerprint density at radius 2 is 1.83 bits per heavy atom. The monoisotopic (exact) mass is 412 g/mol. The van der Waals surface area contributed by atoms with Crippen molar-refractivity contribution < 1.29 is 13.6 Å². The van der Waals surface area contributed by atoms with Crippen LogP contribution >= 0.6 is 0 Å². The van der Waals surface area contributed by atoms with Crippen molar-refractivity contribution in [3.63, 3.8) is 0 Å². The summed E-state index contributed by atoms with van der Waals surface area (Å²) in [5.74, 6) is -2.03. The summed E-state index contributed by atoms with van der Waals surface area (Å²) < 4.78 is 28.6. The molecule has 0 atom stereocenters. The molecule has 2 aromatic carbocycles. The molecule has 0 aliphatic rings. The minimum Gasteiger partial charge on any atom is -0.362 e. The van der Waals surface area contributed by atoms with E-state index in [1.807, 2.05) is 43.7 Å². The molecular formula is C23H26F2N4O. The third-order valence-electron chi connectivity index (χ3n) is 5.15. The van der Waals surface area contributed by atoms with E-state index in [0.717, 1.165) is 34.6 Å². The van der Waals surface area contributed by atoms with Crippen molar-refractivity contribution in [2.24, 2.45) is 0 Å². The molecule has 0 saturated heterocycles. The minimum atomic E-state index is -0.927. The van der Waals surface area contributed by atoms with Gasteiger partial charge in [-0.05, 0) is 38.5 Å². The first-order chi connectivity index (χ1) is 14.4. The third kappa shape index (κ3) is 5.03. The number of nitrogens with one attached hydrogen (secondary N) is 1. The van der Waals surface area contributed by atoms with Gasteiger partial charge in [-0.2, -0.15) is 5.10 Å². The summed E-state index contributed by atoms with van der Waals surface area (Å²) in [6, 6.07) is 13.7. The molecule has 0 aliphatic carbocycles. The zero-order valence-electron chi connectivity index (χ0n) is 17.5. The maximum atomic E-state index is 13.5. The smallest absolute Gasteiger partial charge is 0.239 e. The number of carbonyl (C=O) groups excluding carboxylic acids is 1. The van der Waals surface area contributed by atoms with Gasteiger partial charge in [-0.15, -0.1) is 0 Å². The van der Waals surface area contributed by atoms with Crippen LogP contribution in [0, 0.1) is 25.5 Å². The van der Waals surface area contributed by atoms with E-state index < -0.39 is 11.6 Å². The number of rotatable bonds is 8. The Morgan fingerprint density at radius 3 is 2.50 bits per heavy atom. The summed E-state index contributed by atoms with van der Waals surface area (Å²) in [6.07, 6.45) is 0. The summed E-state index contributed by atoms with van der Waals surface area (Å²) in [5, 5.41) is 7.52. The van der Waals surface area contributed by atoms with Gasteiger partial charge in [0.1, 0.15) is 0 Å². The summed E-state index contributed by atoms with van der Waals surface area (Å²) >= 11 is 0. The van der Waals surface area contributed by atoms with Gasteiger partial charge in [-0.25, -0.2) is 8.78 Å². The van der Waals surface area contributed by atoms with Gasteiger partial charge in [0.05, 0.1) is 18.8 Å². The van der Waals surface area contributed by atoms with E-state index in [0.29, 0.717) is 25.3 Å². The van der Waals surface area contributed by atoms with Gasteiger partial charge in [0, 0.05) is 36.1 Å². The van der Waals surface area contributed by atoms with Gasteiger partial charge in [-0.3, -0.25) is 9.48 Å². The lowest BCUT2D eigenvalue weighted by atomic mass is 10.2. The van der Waals surface area contributed by atoms with Crippen LogP contribution < -0.4 is 10.2 Å². The normalized spacial score (nSPS) is 10.8. The van der Waals surface area contributed by atoms with Gasteiger partial charge in [-0.1, -0.05) is 30.3 Å². The van der Waals surface area contributed by atoms with Crippen LogP contribution in [-0.4, -0.2) is 28.8 Å². The number of halogens is 2. The zero-order chi connectivity index (χ0) is 21.7. The standard InChI is InChI=1S/C23H26F2N4O/c1-4-28(19-10-11-21(24)22(25)12-19)15-23(30)26-13-20-16(2)27-29(17(20)3)14-18-8-6-5-7-9-18/h5-12H,4,13-15H2,1-3H3,(H,26,30). The van der Waals surface area contributed by atoms with Gasteiger partial charge >= 0.3 is 0 Å². The Kier molecular flexibility index (Phi) is 6.82. The Labute approximate surface area is 175 Å². The second-order valence-corrected chi connectivity index (χ2v) is 7.18. The van der Waals surface area contributed by atoms with Crippen molar-refractivity contribution in [1.29, 1.82) is 0 Å². The highest BCUT2D eigenvalue weighted by Crippen LogP contribution is 2.18. The fraction of sp³-hybridized carbons (Fsp3) is 0.304. The maximum Gasteiger partial charge on any atom is 0.239 e. The molecule has 7 heteroatoms. The fourth-order valence-electron chi connectivity index (χ4n) is 3.38. The Hall–Kier alpha value is -3.22. The first-order valence-electron chi connectivity index (χ1n) is 9.92. The van der Waals surface area contributed by atoms with Crippen molar-refractivity contribution in [3.8, 4) is 0 Å². The molecule has 3 aromatic rings. The molecule has 0 saturated carbocycles. The predicted molar refractivity (Wildman–Crippen MR) is 113 cm³/mol. The first kappa shape index (κ1) is 21.5. The molecular weight excluding hydrogens is 386 g/mol. The molecule has 0 aliphatic heterocycles. The van der Waals surface area contributed by atoms with Crippen LogP contribution in [-0.2, 0) is 17.9 Å². The van der Waals surface area contributed by atoms with E-state index >= 15 is 0 Å². The number of amides is 1. The number of likely N-dealkylation sites (N-methyl/N-ethyl adjacent to an activating group) is 1. The highest BCUT2D eigenvalue weighted by atomic mass is 19.2. The largest absolute Gasteiger partial charge is 0.362 e. The van der Waals surface area contributed by atoms with E-state index in [9.17, 15) is 13.6 Å². The number of hydrogen-bond acceptors (Lipinski definition) is 3. The molecule has 3 rings (SSSR count). The molecule has 0 fully saturated rings. The number of benzene rings is 2. The van der Waals surface area contributed by atoms with Crippen molar-refractivity contribution >= 4 is 11.6 Å². The average Bonchev–Trinajstić information content (AvgIpc) is 3.00. The highest BCUT2D eigenvalue weighted by molar-refractivity contribution is 5.81. The van der Waals surface area contributed by atoms with Crippen LogP contribution in [0.25, 0.3) is 0 Å². The van der Waals surface area contributed by atoms with Crippen LogP contribution in [0.1, 0.15) is 29.4 Å². The van der Waals surface area contributed by atoms with Crippen molar-refractivity contribution in [2.45, 2.75) is 33.9 Å². The lowest BCUT2D eigenvalue weighted by Crippen LogP contribution is -2.37. The van der Waals surface area contributed by atoms with Gasteiger partial charge in [0.15, 0.2) is 11.6 Å². The minimum absolute atomic E-state index is 0.0534. The molecule has 0 radical (unpaired) electrons. The van der Waals surface area contributed by atoms with E-state index in [1.165, 1.54) is 6.07 Å². The molecule has 30 heavy (non-hydrogen) atoms. The molecule has 1 N–H and O–H groups in total. The number of hydrogen-bond donors (Lipinski definition) is 1. The third-order valence-corrected chi connectivity index (χ3v) is 5.15. The zero-order valence-corrected chi connectivity index (χ0v) is 17.5. The summed E-state index contributed by atoms with van der Waals surface area (Å²) in [4.78, 5) is 14.2. The van der Waals surface area contributed by atoms with Gasteiger partial charge in [0.25, 0.3) is 0 Å². The van der Waals surface area contributed by atoms with Gasteiger partial charge < -0.3 is 10.2 Å². The second-order valence-electron chi connectivity index (χ2n) is 7.18. The topological polar surface area (TPSA) is 50.2 Å². The van der Waals surface area contributed by atoms with Crippen molar-refractivity contribution in [2.75, 3.05) is 18.0 Å². The number of aryl methyl sites for hydroxylation is 1. The second kappa shape index (κ2) is 9.52. The average molecular weight is 412 g/mol. The van der Waals surface area contributed by atoms with Crippen LogP contribution in [0.4, 0.5) is 14.5 Å². The number of nitrogens with zero attached hydrogens (tertiary/aromatic N) is 3. The summed E-state index contributed by atoms with van der Waals surface area (Å²) in [5.41, 5.74) is 4.48. The summed E-state index contributed by atoms with van der Waals surface area (Å²) in [6.45, 7) is 7.35. The van der Waals surface area contributed by atoms with Crippen molar-refractivity contribution in [3.05, 3.63) is 82.7 Å². The Bertz CT molecular complexity index is 1020. The summed E-state index contributed by atoms with van der Waals surface area (Å²) in [7, 11) is 0. The predicted octanol–water partition coefficient (Wildman–Crippen LogP) is 3.97. The number of aromatic nitrogens is 2. The number of anilines is 1. The first-order valence-corrected chi connectivity index (χ1v) is 9.92. The lowest BCUT2D eigenvalue weighted by Gasteiger charge is -2.22. The van der Waals surface area contributed by atoms with Crippen LogP contribution in [0.15, 0.2) is 48.5 Å². The van der Waals surface area contributed by atoms with E-state index in [4.69, 9.17) is 0 Å². The van der Waals surface area contributed by atoms with E-state index in [-0.39, 0.29) is 12.5 Å².